The minimum Gasteiger partial charge on any atom is -0.319 e. The quantitative estimate of drug-likeness (QED) is 0.124. The highest BCUT2D eigenvalue weighted by atomic mass is 35.5. The molecule has 0 saturated heterocycles. The fourth-order valence-electron chi connectivity index (χ4n) is 2.51. The van der Waals surface area contributed by atoms with Gasteiger partial charge >= 0.3 is 12.4 Å². The maximum absolute atomic E-state index is 12.7. The Morgan fingerprint density at radius 3 is 1.71 bits per heavy atom. The van der Waals surface area contributed by atoms with Crippen molar-refractivity contribution in [1.29, 1.82) is 0 Å². The number of carbonyl (C=O) groups is 1. The number of azo groups is 1. The third-order valence-corrected chi connectivity index (χ3v) is 4.52. The average molecular weight is 514 g/mol. The number of halogens is 7. The summed E-state index contributed by atoms with van der Waals surface area (Å²) in [5, 5.41) is 14.1. The van der Waals surface area contributed by atoms with Gasteiger partial charge in [-0.15, -0.1) is 15.3 Å². The summed E-state index contributed by atoms with van der Waals surface area (Å²) in [6, 6.07) is 13.5. The molecule has 6 nitrogen and oxygen atoms in total. The van der Waals surface area contributed by atoms with Crippen molar-refractivity contribution in [2.24, 2.45) is 15.3 Å². The second kappa shape index (κ2) is 10.6. The molecule has 0 spiro atoms. The van der Waals surface area contributed by atoms with Gasteiger partial charge in [0.05, 0.1) is 22.5 Å². The van der Waals surface area contributed by atoms with Crippen LogP contribution in [0.3, 0.4) is 0 Å². The summed E-state index contributed by atoms with van der Waals surface area (Å²) in [5.41, 5.74) is 1.06. The molecule has 0 aliphatic carbocycles. The van der Waals surface area contributed by atoms with E-state index < -0.39 is 35.2 Å². The van der Waals surface area contributed by atoms with E-state index >= 15 is 0 Å². The Balaban J connectivity index is 1.83. The lowest BCUT2D eigenvalue weighted by Gasteiger charge is -2.08. The lowest BCUT2D eigenvalue weighted by atomic mass is 10.2. The third-order valence-electron chi connectivity index (χ3n) is 4.26. The number of hydrogen-bond acceptors (Lipinski definition) is 4. The molecule has 13 heteroatoms. The summed E-state index contributed by atoms with van der Waals surface area (Å²) in [6.45, 7) is 0. The molecule has 35 heavy (non-hydrogen) atoms. The number of carbonyl (C=O) groups excluding carboxylic acids is 1. The van der Waals surface area contributed by atoms with Gasteiger partial charge in [0.15, 0.2) is 0 Å². The standard InChI is InChI=1S/C22H14ClF6N5O/c23-15-5-11-16(12-6-15)30-20(35)19(33-31-17-7-1-13(2-8-17)21(24,25)26)34-32-18-9-3-14(4-10-18)22(27,28)29/h1-12,31H,(H,30,35). The van der Waals surface area contributed by atoms with E-state index in [0.717, 1.165) is 48.5 Å². The number of anilines is 2. The normalized spacial score (nSPS) is 12.6. The molecule has 0 radical (unpaired) electrons. The molecule has 1 amide bonds. The maximum atomic E-state index is 12.7. The van der Waals surface area contributed by atoms with E-state index in [1.165, 1.54) is 24.3 Å². The summed E-state index contributed by atoms with van der Waals surface area (Å²) in [6.07, 6.45) is -9.06. The third kappa shape index (κ3) is 7.54. The van der Waals surface area contributed by atoms with Crippen LogP contribution in [0.1, 0.15) is 11.1 Å². The number of alkyl halides is 6. The molecule has 2 N–H and O–H groups in total. The smallest absolute Gasteiger partial charge is 0.319 e. The first-order valence-corrected chi connectivity index (χ1v) is 9.96. The van der Waals surface area contributed by atoms with E-state index in [-0.39, 0.29) is 11.4 Å². The van der Waals surface area contributed by atoms with Crippen LogP contribution in [0.15, 0.2) is 88.1 Å². The van der Waals surface area contributed by atoms with Crippen LogP contribution in [0.25, 0.3) is 0 Å². The summed E-state index contributed by atoms with van der Waals surface area (Å²) in [5.74, 6) is -1.41. The lowest BCUT2D eigenvalue weighted by Crippen LogP contribution is -2.22. The van der Waals surface area contributed by atoms with Crippen molar-refractivity contribution in [1.82, 2.24) is 0 Å². The van der Waals surface area contributed by atoms with Gasteiger partial charge in [-0.1, -0.05) is 11.6 Å². The summed E-state index contributed by atoms with van der Waals surface area (Å²) < 4.78 is 76.3. The largest absolute Gasteiger partial charge is 0.416 e. The zero-order valence-electron chi connectivity index (χ0n) is 17.3. The van der Waals surface area contributed by atoms with Crippen molar-refractivity contribution in [3.05, 3.63) is 88.9 Å². The molecule has 0 aromatic heterocycles. The molecule has 3 rings (SSSR count). The molecule has 0 atom stereocenters. The van der Waals surface area contributed by atoms with Crippen LogP contribution in [-0.4, -0.2) is 11.7 Å². The Morgan fingerprint density at radius 1 is 0.714 bits per heavy atom. The molecule has 0 unspecified atom stereocenters. The number of hydrazone groups is 1. The van der Waals surface area contributed by atoms with Crippen molar-refractivity contribution in [2.75, 3.05) is 10.7 Å². The van der Waals surface area contributed by atoms with E-state index in [0.29, 0.717) is 10.7 Å². The van der Waals surface area contributed by atoms with Crippen molar-refractivity contribution in [3.8, 4) is 0 Å². The average Bonchev–Trinajstić information content (AvgIpc) is 2.80. The molecular weight excluding hydrogens is 500 g/mol. The van der Waals surface area contributed by atoms with Crippen molar-refractivity contribution in [3.63, 3.8) is 0 Å². The second-order valence-electron chi connectivity index (χ2n) is 6.83. The van der Waals surface area contributed by atoms with E-state index in [2.05, 4.69) is 26.1 Å². The van der Waals surface area contributed by atoms with Gasteiger partial charge in [0.25, 0.3) is 11.7 Å². The van der Waals surface area contributed by atoms with Gasteiger partial charge in [0, 0.05) is 10.7 Å². The molecule has 0 aliphatic heterocycles. The van der Waals surface area contributed by atoms with Gasteiger partial charge in [-0.2, -0.15) is 26.3 Å². The van der Waals surface area contributed by atoms with Gasteiger partial charge in [0.1, 0.15) is 0 Å². The Bertz CT molecular complexity index is 1220. The minimum atomic E-state index is -4.54. The van der Waals surface area contributed by atoms with Crippen LogP contribution in [0, 0.1) is 0 Å². The van der Waals surface area contributed by atoms with Crippen LogP contribution in [0.5, 0.6) is 0 Å². The van der Waals surface area contributed by atoms with Gasteiger partial charge < -0.3 is 5.32 Å². The monoisotopic (exact) mass is 513 g/mol. The first-order valence-electron chi connectivity index (χ1n) is 9.59. The van der Waals surface area contributed by atoms with Crippen LogP contribution in [-0.2, 0) is 17.1 Å². The number of nitrogens with zero attached hydrogens (tertiary/aromatic N) is 3. The highest BCUT2D eigenvalue weighted by Crippen LogP contribution is 2.31. The van der Waals surface area contributed by atoms with Gasteiger partial charge in [-0.3, -0.25) is 10.2 Å². The van der Waals surface area contributed by atoms with Crippen molar-refractivity contribution >= 4 is 40.4 Å². The number of rotatable bonds is 4. The molecule has 3 aromatic carbocycles. The number of amides is 1. The second-order valence-corrected chi connectivity index (χ2v) is 7.26. The van der Waals surface area contributed by atoms with Crippen LogP contribution in [0.4, 0.5) is 43.4 Å². The first kappa shape index (κ1) is 25.7. The predicted octanol–water partition coefficient (Wildman–Crippen LogP) is 7.53. The zero-order valence-corrected chi connectivity index (χ0v) is 18.1. The maximum Gasteiger partial charge on any atom is 0.416 e. The highest BCUT2D eigenvalue weighted by Gasteiger charge is 2.30. The molecule has 0 bridgehead atoms. The predicted molar refractivity (Wildman–Crippen MR) is 119 cm³/mol. The topological polar surface area (TPSA) is 78.2 Å². The van der Waals surface area contributed by atoms with E-state index in [4.69, 9.17) is 11.6 Å². The summed E-state index contributed by atoms with van der Waals surface area (Å²) in [7, 11) is 0. The molecule has 182 valence electrons. The van der Waals surface area contributed by atoms with Gasteiger partial charge in [0.2, 0.25) is 0 Å². The van der Waals surface area contributed by atoms with Crippen molar-refractivity contribution in [2.45, 2.75) is 12.4 Å². The van der Waals surface area contributed by atoms with Crippen molar-refractivity contribution < 1.29 is 31.1 Å². The molecule has 0 saturated carbocycles. The number of amidine groups is 1. The van der Waals surface area contributed by atoms with Crippen LogP contribution < -0.4 is 10.7 Å². The number of hydrogen-bond donors (Lipinski definition) is 2. The number of benzene rings is 3. The zero-order chi connectivity index (χ0) is 25.6. The lowest BCUT2D eigenvalue weighted by molar-refractivity contribution is -0.138. The molecule has 0 fully saturated rings. The fraction of sp³-hybridized carbons (Fsp3) is 0.0909. The molecule has 0 aliphatic rings. The van der Waals surface area contributed by atoms with E-state index in [1.54, 1.807) is 0 Å². The Labute approximate surface area is 199 Å². The molecular formula is C22H14ClF6N5O. The van der Waals surface area contributed by atoms with Gasteiger partial charge in [-0.25, -0.2) is 0 Å². The Morgan fingerprint density at radius 2 is 1.20 bits per heavy atom. The highest BCUT2D eigenvalue weighted by molar-refractivity contribution is 6.42. The Hall–Kier alpha value is -3.93. The molecule has 3 aromatic rings. The van der Waals surface area contributed by atoms with E-state index in [1.807, 2.05) is 0 Å². The van der Waals surface area contributed by atoms with Gasteiger partial charge in [-0.05, 0) is 72.8 Å². The molecule has 0 heterocycles. The Kier molecular flexibility index (Phi) is 7.75. The summed E-state index contributed by atoms with van der Waals surface area (Å²) in [4.78, 5) is 12.6. The minimum absolute atomic E-state index is 0.000442. The number of nitrogens with one attached hydrogen (secondary N) is 2. The SMILES string of the molecule is O=C(Nc1ccc(Cl)cc1)C(N=Nc1ccc(C(F)(F)F)cc1)=NNc1ccc(C(F)(F)F)cc1. The van der Waals surface area contributed by atoms with Crippen LogP contribution in [0.2, 0.25) is 5.02 Å². The summed E-state index contributed by atoms with van der Waals surface area (Å²) >= 11 is 5.80. The fourth-order valence-corrected chi connectivity index (χ4v) is 2.64. The van der Waals surface area contributed by atoms with E-state index in [9.17, 15) is 31.1 Å². The van der Waals surface area contributed by atoms with Crippen LogP contribution >= 0.6 is 11.6 Å². The first-order chi connectivity index (χ1) is 16.4.